The molecule has 10 heteroatoms. The highest BCUT2D eigenvalue weighted by molar-refractivity contribution is 7.99. The third kappa shape index (κ3) is 2.59. The molecule has 0 aromatic carbocycles. The summed E-state index contributed by atoms with van der Waals surface area (Å²) in [5.74, 6) is -1.06. The molecule has 1 aromatic rings. The van der Waals surface area contributed by atoms with Gasteiger partial charge in [0.05, 0.1) is 20.3 Å². The van der Waals surface area contributed by atoms with Gasteiger partial charge in [0, 0.05) is 0 Å². The van der Waals surface area contributed by atoms with Crippen LogP contribution in [0.5, 0.6) is 11.8 Å². The van der Waals surface area contributed by atoms with Crippen molar-refractivity contribution < 1.29 is 32.2 Å². The van der Waals surface area contributed by atoms with Gasteiger partial charge in [0.2, 0.25) is 17.2 Å². The van der Waals surface area contributed by atoms with Crippen LogP contribution in [-0.4, -0.2) is 41.8 Å². The molecule has 21 heavy (non-hydrogen) atoms. The smallest absolute Gasteiger partial charge is 0.409 e. The number of hydrogen-bond acceptors (Lipinski definition) is 7. The number of carbonyl (C=O) groups excluding carboxylic acids is 1. The van der Waals surface area contributed by atoms with E-state index in [1.165, 1.54) is 20.3 Å². The highest BCUT2D eigenvalue weighted by Gasteiger charge is 2.71. The van der Waals surface area contributed by atoms with E-state index in [1.54, 1.807) is 0 Å². The van der Waals surface area contributed by atoms with Crippen molar-refractivity contribution in [2.24, 2.45) is 5.41 Å². The molecule has 1 aromatic heterocycles. The van der Waals surface area contributed by atoms with E-state index >= 15 is 0 Å². The van der Waals surface area contributed by atoms with Crippen molar-refractivity contribution in [3.63, 3.8) is 0 Å². The van der Waals surface area contributed by atoms with Gasteiger partial charge in [-0.25, -0.2) is 0 Å². The summed E-state index contributed by atoms with van der Waals surface area (Å²) in [6.45, 7) is 0.786. The molecule has 0 amide bonds. The van der Waals surface area contributed by atoms with E-state index in [2.05, 4.69) is 14.7 Å². The molecule has 0 aliphatic carbocycles. The third-order valence-corrected chi connectivity index (χ3v) is 4.16. The average Bonchev–Trinajstić information content (AvgIpc) is 2.44. The maximum absolute atomic E-state index is 13.0. The van der Waals surface area contributed by atoms with E-state index in [4.69, 9.17) is 9.47 Å². The summed E-state index contributed by atoms with van der Waals surface area (Å²) in [5, 5.41) is -0.0424. The van der Waals surface area contributed by atoms with E-state index < -0.39 is 23.0 Å². The maximum Gasteiger partial charge on any atom is 0.409 e. The van der Waals surface area contributed by atoms with Gasteiger partial charge in [0.15, 0.2) is 10.6 Å². The van der Waals surface area contributed by atoms with Gasteiger partial charge < -0.3 is 14.2 Å². The Labute approximate surface area is 122 Å². The van der Waals surface area contributed by atoms with Gasteiger partial charge in [-0.1, -0.05) is 0 Å². The van der Waals surface area contributed by atoms with Crippen LogP contribution in [0.25, 0.3) is 0 Å². The zero-order valence-corrected chi connectivity index (χ0v) is 12.0. The number of alkyl halides is 3. The highest BCUT2D eigenvalue weighted by Crippen LogP contribution is 2.54. The lowest BCUT2D eigenvalue weighted by Crippen LogP contribution is -2.61. The molecular formula is C11H11F3N2O4S. The van der Waals surface area contributed by atoms with E-state index in [1.807, 2.05) is 0 Å². The van der Waals surface area contributed by atoms with Gasteiger partial charge in [-0.3, -0.25) is 4.79 Å². The number of thioether (sulfide) groups is 1. The Morgan fingerprint density at radius 2 is 1.81 bits per heavy atom. The van der Waals surface area contributed by atoms with Crippen LogP contribution in [0.3, 0.4) is 0 Å². The molecular weight excluding hydrogens is 313 g/mol. The van der Waals surface area contributed by atoms with Gasteiger partial charge in [0.1, 0.15) is 0 Å². The first-order valence-corrected chi connectivity index (χ1v) is 6.52. The zero-order valence-electron chi connectivity index (χ0n) is 11.2. The first-order chi connectivity index (χ1) is 9.72. The molecule has 0 spiro atoms. The van der Waals surface area contributed by atoms with Crippen molar-refractivity contribution >= 4 is 17.7 Å². The fraction of sp³-hybridized carbons (Fsp3) is 0.545. The number of esters is 1. The van der Waals surface area contributed by atoms with Crippen LogP contribution in [0.1, 0.15) is 6.92 Å². The molecule has 2 heterocycles. The summed E-state index contributed by atoms with van der Waals surface area (Å²) in [5.41, 5.74) is -4.04. The van der Waals surface area contributed by atoms with Crippen LogP contribution >= 0.6 is 11.8 Å². The molecule has 2 atom stereocenters. The topological polar surface area (TPSA) is 70.5 Å². The molecule has 0 N–H and O–H groups in total. The molecule has 0 saturated carbocycles. The molecule has 0 radical (unpaired) electrons. The number of carbonyl (C=O) groups is 1. The summed E-state index contributed by atoms with van der Waals surface area (Å²) in [6, 6.07) is 1.37. The summed E-state index contributed by atoms with van der Waals surface area (Å²) in [7, 11) is 2.69. The molecule has 116 valence electrons. The maximum atomic E-state index is 13.0. The van der Waals surface area contributed by atoms with Crippen molar-refractivity contribution in [2.45, 2.75) is 23.7 Å². The minimum Gasteiger partial charge on any atom is -0.481 e. The second kappa shape index (κ2) is 5.24. The fourth-order valence-corrected chi connectivity index (χ4v) is 2.59. The van der Waals surface area contributed by atoms with E-state index in [0.717, 1.165) is 6.92 Å². The van der Waals surface area contributed by atoms with Gasteiger partial charge in [-0.2, -0.15) is 23.1 Å². The summed E-state index contributed by atoms with van der Waals surface area (Å²) >= 11 is 0.582. The van der Waals surface area contributed by atoms with Crippen LogP contribution < -0.4 is 9.47 Å². The van der Waals surface area contributed by atoms with Gasteiger partial charge in [-0.05, 0) is 18.7 Å². The number of methoxy groups -OCH3 is 2. The van der Waals surface area contributed by atoms with Gasteiger partial charge in [-0.15, -0.1) is 0 Å². The minimum atomic E-state index is -4.72. The first-order valence-electron chi connectivity index (χ1n) is 5.64. The van der Waals surface area contributed by atoms with Gasteiger partial charge in [0.25, 0.3) is 0 Å². The van der Waals surface area contributed by atoms with Crippen LogP contribution in [0, 0.1) is 5.41 Å². The number of hydrogen-bond donors (Lipinski definition) is 0. The predicted molar refractivity (Wildman–Crippen MR) is 65.0 cm³/mol. The number of halogens is 3. The largest absolute Gasteiger partial charge is 0.481 e. The second-order valence-electron chi connectivity index (χ2n) is 4.29. The molecule has 1 saturated heterocycles. The molecule has 6 nitrogen and oxygen atoms in total. The van der Waals surface area contributed by atoms with Crippen LogP contribution in [0.15, 0.2) is 11.2 Å². The van der Waals surface area contributed by atoms with Crippen LogP contribution in [0.2, 0.25) is 0 Å². The predicted octanol–water partition coefficient (Wildman–Crippen LogP) is 2.04. The summed E-state index contributed by atoms with van der Waals surface area (Å²) in [4.78, 5) is 19.0. The van der Waals surface area contributed by atoms with Crippen molar-refractivity contribution in [3.8, 4) is 11.8 Å². The quantitative estimate of drug-likeness (QED) is 0.620. The Hall–Kier alpha value is -1.71. The van der Waals surface area contributed by atoms with Crippen molar-refractivity contribution in [3.05, 3.63) is 6.07 Å². The summed E-state index contributed by atoms with van der Waals surface area (Å²) < 4.78 is 53.3. The number of rotatable bonds is 4. The molecule has 1 aliphatic heterocycles. The minimum absolute atomic E-state index is 0.0424. The second-order valence-corrected chi connectivity index (χ2v) is 5.32. The van der Waals surface area contributed by atoms with Crippen molar-refractivity contribution in [1.82, 2.24) is 9.97 Å². The molecule has 2 unspecified atom stereocenters. The fourth-order valence-electron chi connectivity index (χ4n) is 1.51. The van der Waals surface area contributed by atoms with E-state index in [-0.39, 0.29) is 16.9 Å². The lowest BCUT2D eigenvalue weighted by Gasteiger charge is -2.43. The Kier molecular flexibility index (Phi) is 3.91. The Bertz CT molecular complexity index is 547. The highest BCUT2D eigenvalue weighted by atomic mass is 32.2. The number of aromatic nitrogens is 2. The molecule has 2 rings (SSSR count). The Morgan fingerprint density at radius 1 is 1.29 bits per heavy atom. The number of nitrogens with zero attached hydrogens (tertiary/aromatic N) is 2. The van der Waals surface area contributed by atoms with Crippen molar-refractivity contribution in [2.75, 3.05) is 14.2 Å². The lowest BCUT2D eigenvalue weighted by molar-refractivity contribution is -0.278. The van der Waals surface area contributed by atoms with Crippen LogP contribution in [0.4, 0.5) is 13.2 Å². The molecule has 0 bridgehead atoms. The Morgan fingerprint density at radius 3 is 2.19 bits per heavy atom. The zero-order chi connectivity index (χ0) is 15.8. The first kappa shape index (κ1) is 15.7. The Balaban J connectivity index is 2.25. The number of ether oxygens (including phenoxy) is 3. The standard InChI is InChI=1S/C11H11F3N2O4S/c1-10(11(12,13)14)7(17)20-8(10)21-9-15-5(18-2)4-6(16-9)19-3/h4,8H,1-3H3. The monoisotopic (exact) mass is 324 g/mol. The van der Waals surface area contributed by atoms with E-state index in [0.29, 0.717) is 11.8 Å². The lowest BCUT2D eigenvalue weighted by atomic mass is 9.86. The normalized spacial score (nSPS) is 25.0. The van der Waals surface area contributed by atoms with E-state index in [9.17, 15) is 18.0 Å². The average molecular weight is 324 g/mol. The summed E-state index contributed by atoms with van der Waals surface area (Å²) in [6.07, 6.45) is -4.72. The molecule has 1 fully saturated rings. The third-order valence-electron chi connectivity index (χ3n) is 2.99. The van der Waals surface area contributed by atoms with Crippen LogP contribution in [-0.2, 0) is 9.53 Å². The SMILES string of the molecule is COc1cc(OC)nc(SC2OC(=O)C2(C)C(F)(F)F)n1. The van der Waals surface area contributed by atoms with Gasteiger partial charge >= 0.3 is 12.1 Å². The van der Waals surface area contributed by atoms with Crippen molar-refractivity contribution in [1.29, 1.82) is 0 Å². The number of cyclic esters (lactones) is 1. The molecule has 1 aliphatic rings.